The van der Waals surface area contributed by atoms with E-state index in [1.165, 1.54) is 16.3 Å². The first-order valence-corrected chi connectivity index (χ1v) is 7.52. The van der Waals surface area contributed by atoms with E-state index in [1.807, 2.05) is 6.92 Å². The SMILES string of the molecule is CCCn1cc(C)nc1NCc1cccc2ccccc12. The van der Waals surface area contributed by atoms with Gasteiger partial charge in [0, 0.05) is 19.3 Å². The molecule has 0 aliphatic heterocycles. The number of fused-ring (bicyclic) bond motifs is 1. The van der Waals surface area contributed by atoms with Gasteiger partial charge in [-0.25, -0.2) is 4.98 Å². The van der Waals surface area contributed by atoms with E-state index in [2.05, 4.69) is 70.5 Å². The molecule has 3 heteroatoms. The van der Waals surface area contributed by atoms with Gasteiger partial charge in [-0.3, -0.25) is 0 Å². The van der Waals surface area contributed by atoms with Crippen molar-refractivity contribution in [3.05, 3.63) is 59.9 Å². The monoisotopic (exact) mass is 279 g/mol. The minimum Gasteiger partial charge on any atom is -0.352 e. The minimum atomic E-state index is 0.793. The van der Waals surface area contributed by atoms with Crippen LogP contribution < -0.4 is 5.32 Å². The van der Waals surface area contributed by atoms with E-state index in [0.29, 0.717) is 0 Å². The van der Waals surface area contributed by atoms with Gasteiger partial charge in [0.25, 0.3) is 0 Å². The van der Waals surface area contributed by atoms with Crippen LogP contribution in [0.1, 0.15) is 24.6 Å². The Morgan fingerprint density at radius 1 is 1.10 bits per heavy atom. The zero-order chi connectivity index (χ0) is 14.7. The average Bonchev–Trinajstić information content (AvgIpc) is 2.85. The summed E-state index contributed by atoms with van der Waals surface area (Å²) in [5.41, 5.74) is 2.36. The lowest BCUT2D eigenvalue weighted by atomic mass is 10.0. The first-order valence-electron chi connectivity index (χ1n) is 7.52. The molecule has 0 saturated carbocycles. The van der Waals surface area contributed by atoms with Crippen LogP contribution in [0.5, 0.6) is 0 Å². The number of hydrogen-bond acceptors (Lipinski definition) is 2. The predicted molar refractivity (Wildman–Crippen MR) is 88.5 cm³/mol. The van der Waals surface area contributed by atoms with Gasteiger partial charge in [0.1, 0.15) is 0 Å². The molecule has 0 saturated heterocycles. The van der Waals surface area contributed by atoms with E-state index in [1.54, 1.807) is 0 Å². The highest BCUT2D eigenvalue weighted by Crippen LogP contribution is 2.19. The number of hydrogen-bond donors (Lipinski definition) is 1. The van der Waals surface area contributed by atoms with Crippen molar-refractivity contribution in [2.75, 3.05) is 5.32 Å². The number of nitrogens with zero attached hydrogens (tertiary/aromatic N) is 2. The van der Waals surface area contributed by atoms with E-state index in [4.69, 9.17) is 0 Å². The lowest BCUT2D eigenvalue weighted by Crippen LogP contribution is -2.07. The third kappa shape index (κ3) is 2.92. The quantitative estimate of drug-likeness (QED) is 0.751. The average molecular weight is 279 g/mol. The summed E-state index contributed by atoms with van der Waals surface area (Å²) >= 11 is 0. The van der Waals surface area contributed by atoms with Gasteiger partial charge in [0.05, 0.1) is 5.69 Å². The van der Waals surface area contributed by atoms with Crippen LogP contribution in [-0.4, -0.2) is 9.55 Å². The number of aryl methyl sites for hydroxylation is 2. The Morgan fingerprint density at radius 3 is 2.76 bits per heavy atom. The standard InChI is InChI=1S/C18H21N3/c1-3-11-21-13-14(2)20-18(21)19-12-16-9-6-8-15-7-4-5-10-17(15)16/h4-10,13H,3,11-12H2,1-2H3,(H,19,20). The maximum absolute atomic E-state index is 4.58. The summed E-state index contributed by atoms with van der Waals surface area (Å²) in [7, 11) is 0. The maximum atomic E-state index is 4.58. The molecule has 0 amide bonds. The number of imidazole rings is 1. The first kappa shape index (κ1) is 13.7. The van der Waals surface area contributed by atoms with Crippen LogP contribution in [0.4, 0.5) is 5.95 Å². The molecule has 1 aromatic heterocycles. The molecular formula is C18H21N3. The highest BCUT2D eigenvalue weighted by Gasteiger charge is 2.06. The first-order chi connectivity index (χ1) is 10.3. The van der Waals surface area contributed by atoms with E-state index < -0.39 is 0 Å². The Hall–Kier alpha value is -2.29. The van der Waals surface area contributed by atoms with Crippen molar-refractivity contribution in [2.24, 2.45) is 0 Å². The molecule has 3 nitrogen and oxygen atoms in total. The van der Waals surface area contributed by atoms with Gasteiger partial charge < -0.3 is 9.88 Å². The van der Waals surface area contributed by atoms with Gasteiger partial charge in [-0.1, -0.05) is 49.4 Å². The summed E-state index contributed by atoms with van der Waals surface area (Å²) < 4.78 is 2.19. The fourth-order valence-corrected chi connectivity index (χ4v) is 2.72. The van der Waals surface area contributed by atoms with Crippen molar-refractivity contribution in [3.63, 3.8) is 0 Å². The largest absolute Gasteiger partial charge is 0.352 e. The molecule has 0 atom stereocenters. The van der Waals surface area contributed by atoms with E-state index in [-0.39, 0.29) is 0 Å². The highest BCUT2D eigenvalue weighted by atomic mass is 15.2. The molecule has 3 aromatic rings. The van der Waals surface area contributed by atoms with E-state index in [9.17, 15) is 0 Å². The summed E-state index contributed by atoms with van der Waals surface area (Å²) in [6.45, 7) is 6.01. The van der Waals surface area contributed by atoms with Crippen LogP contribution in [0, 0.1) is 6.92 Å². The molecular weight excluding hydrogens is 258 g/mol. The zero-order valence-corrected chi connectivity index (χ0v) is 12.6. The lowest BCUT2D eigenvalue weighted by molar-refractivity contribution is 0.682. The molecule has 0 aliphatic carbocycles. The van der Waals surface area contributed by atoms with Crippen molar-refractivity contribution in [1.29, 1.82) is 0 Å². The maximum Gasteiger partial charge on any atom is 0.203 e. The molecule has 3 rings (SSSR count). The Labute approximate surface area is 125 Å². The number of anilines is 1. The molecule has 0 bridgehead atoms. The molecule has 21 heavy (non-hydrogen) atoms. The zero-order valence-electron chi connectivity index (χ0n) is 12.6. The highest BCUT2D eigenvalue weighted by molar-refractivity contribution is 5.85. The number of nitrogens with one attached hydrogen (secondary N) is 1. The molecule has 0 spiro atoms. The van der Waals surface area contributed by atoms with Crippen molar-refractivity contribution in [3.8, 4) is 0 Å². The second-order valence-electron chi connectivity index (χ2n) is 5.39. The van der Waals surface area contributed by atoms with Crippen LogP contribution in [0.15, 0.2) is 48.7 Å². The van der Waals surface area contributed by atoms with Crippen molar-refractivity contribution in [2.45, 2.75) is 33.4 Å². The topological polar surface area (TPSA) is 29.9 Å². The normalized spacial score (nSPS) is 11.0. The molecule has 1 N–H and O–H groups in total. The van der Waals surface area contributed by atoms with Gasteiger partial charge in [0.2, 0.25) is 5.95 Å². The van der Waals surface area contributed by atoms with Gasteiger partial charge in [-0.15, -0.1) is 0 Å². The van der Waals surface area contributed by atoms with E-state index >= 15 is 0 Å². The van der Waals surface area contributed by atoms with Crippen molar-refractivity contribution < 1.29 is 0 Å². The van der Waals surface area contributed by atoms with Crippen molar-refractivity contribution >= 4 is 16.7 Å². The van der Waals surface area contributed by atoms with Crippen LogP contribution in [-0.2, 0) is 13.1 Å². The molecule has 1 heterocycles. The Morgan fingerprint density at radius 2 is 1.90 bits per heavy atom. The second-order valence-corrected chi connectivity index (χ2v) is 5.39. The summed E-state index contributed by atoms with van der Waals surface area (Å²) in [6.07, 6.45) is 3.22. The third-order valence-electron chi connectivity index (χ3n) is 3.68. The molecule has 2 aromatic carbocycles. The number of rotatable bonds is 5. The van der Waals surface area contributed by atoms with E-state index in [0.717, 1.165) is 31.2 Å². The fourth-order valence-electron chi connectivity index (χ4n) is 2.72. The van der Waals surface area contributed by atoms with Gasteiger partial charge in [0.15, 0.2) is 0 Å². The van der Waals surface area contributed by atoms with Crippen LogP contribution in [0.2, 0.25) is 0 Å². The number of aromatic nitrogens is 2. The van der Waals surface area contributed by atoms with Crippen molar-refractivity contribution in [1.82, 2.24) is 9.55 Å². The number of benzene rings is 2. The minimum absolute atomic E-state index is 0.793. The Kier molecular flexibility index (Phi) is 3.91. The summed E-state index contributed by atoms with van der Waals surface area (Å²) in [6, 6.07) is 14.9. The molecule has 0 radical (unpaired) electrons. The Bertz CT molecular complexity index is 738. The lowest BCUT2D eigenvalue weighted by Gasteiger charge is -2.10. The molecule has 0 unspecified atom stereocenters. The summed E-state index contributed by atoms with van der Waals surface area (Å²) in [5.74, 6) is 0.960. The summed E-state index contributed by atoms with van der Waals surface area (Å²) in [5, 5.41) is 6.07. The third-order valence-corrected chi connectivity index (χ3v) is 3.68. The smallest absolute Gasteiger partial charge is 0.203 e. The molecule has 0 fully saturated rings. The van der Waals surface area contributed by atoms with Crippen LogP contribution in [0.3, 0.4) is 0 Å². The second kappa shape index (κ2) is 6.00. The van der Waals surface area contributed by atoms with Crippen LogP contribution >= 0.6 is 0 Å². The molecule has 108 valence electrons. The Balaban J connectivity index is 1.84. The van der Waals surface area contributed by atoms with Crippen LogP contribution in [0.25, 0.3) is 10.8 Å². The fraction of sp³-hybridized carbons (Fsp3) is 0.278. The predicted octanol–water partition coefficient (Wildman–Crippen LogP) is 4.37. The van der Waals surface area contributed by atoms with Gasteiger partial charge >= 0.3 is 0 Å². The summed E-state index contributed by atoms with van der Waals surface area (Å²) in [4.78, 5) is 4.58. The van der Waals surface area contributed by atoms with Gasteiger partial charge in [-0.2, -0.15) is 0 Å². The molecule has 0 aliphatic rings. The van der Waals surface area contributed by atoms with Gasteiger partial charge in [-0.05, 0) is 29.7 Å².